The first-order chi connectivity index (χ1) is 11.3. The molecule has 0 saturated carbocycles. The zero-order valence-corrected chi connectivity index (χ0v) is 12.2. The van der Waals surface area contributed by atoms with Crippen LogP contribution in [0.15, 0.2) is 36.4 Å². The quantitative estimate of drug-likeness (QED) is 0.437. The Balaban J connectivity index is 2.16. The maximum atomic E-state index is 13.5. The Labute approximate surface area is 134 Å². The van der Waals surface area contributed by atoms with Gasteiger partial charge in [-0.15, -0.1) is 0 Å². The second kappa shape index (κ2) is 7.01. The molecule has 0 aliphatic rings. The van der Waals surface area contributed by atoms with E-state index in [1.165, 1.54) is 18.2 Å². The normalized spacial score (nSPS) is 11.8. The van der Waals surface area contributed by atoms with Crippen molar-refractivity contribution in [3.05, 3.63) is 69.3 Å². The first-order valence-electron chi connectivity index (χ1n) is 6.75. The molecule has 0 saturated heterocycles. The largest absolute Gasteiger partial charge is 0.393 e. The number of nitrogens with zero attached hydrogens (tertiary/aromatic N) is 1. The molecule has 0 fully saturated rings. The molecule has 0 aliphatic carbocycles. The van der Waals surface area contributed by atoms with Gasteiger partial charge in [-0.2, -0.15) is 0 Å². The number of nitro benzene ring substituents is 1. The molecule has 0 radical (unpaired) electrons. The second-order valence-corrected chi connectivity index (χ2v) is 4.89. The number of nitrogens with two attached hydrogens (primary N) is 1. The Morgan fingerprint density at radius 1 is 1.33 bits per heavy atom. The number of nitrogen functional groups attached to an aromatic ring is 1. The molecular formula is C15H13F2N3O4. The van der Waals surface area contributed by atoms with Crippen molar-refractivity contribution in [3.63, 3.8) is 0 Å². The van der Waals surface area contributed by atoms with Gasteiger partial charge in [0, 0.05) is 12.1 Å². The van der Waals surface area contributed by atoms with Crippen LogP contribution in [0.25, 0.3) is 0 Å². The molecule has 0 bridgehead atoms. The number of aliphatic hydroxyl groups excluding tert-OH is 1. The first-order valence-corrected chi connectivity index (χ1v) is 6.75. The summed E-state index contributed by atoms with van der Waals surface area (Å²) in [6.07, 6.45) is -1.35. The molecule has 2 rings (SSSR count). The molecule has 7 nitrogen and oxygen atoms in total. The lowest BCUT2D eigenvalue weighted by molar-refractivity contribution is -0.384. The van der Waals surface area contributed by atoms with E-state index in [0.29, 0.717) is 6.07 Å². The van der Waals surface area contributed by atoms with Gasteiger partial charge < -0.3 is 16.2 Å². The summed E-state index contributed by atoms with van der Waals surface area (Å²) in [6, 6.07) is 6.78. The number of rotatable bonds is 5. The third-order valence-corrected chi connectivity index (χ3v) is 3.28. The van der Waals surface area contributed by atoms with Gasteiger partial charge in [-0.05, 0) is 12.1 Å². The number of hydrogen-bond donors (Lipinski definition) is 3. The number of amides is 1. The number of aliphatic hydroxyl groups is 1. The van der Waals surface area contributed by atoms with Crippen LogP contribution in [0, 0.1) is 21.7 Å². The average Bonchev–Trinajstić information content (AvgIpc) is 2.54. The zero-order chi connectivity index (χ0) is 17.9. The third kappa shape index (κ3) is 3.63. The van der Waals surface area contributed by atoms with E-state index in [4.69, 9.17) is 5.73 Å². The minimum atomic E-state index is -1.35. The fraction of sp³-hybridized carbons (Fsp3) is 0.133. The van der Waals surface area contributed by atoms with Gasteiger partial charge in [-0.25, -0.2) is 8.78 Å². The van der Waals surface area contributed by atoms with Crippen molar-refractivity contribution in [2.24, 2.45) is 0 Å². The van der Waals surface area contributed by atoms with Crippen LogP contribution in [0.3, 0.4) is 0 Å². The maximum Gasteiger partial charge on any atom is 0.295 e. The van der Waals surface area contributed by atoms with Crippen LogP contribution in [0.5, 0.6) is 0 Å². The highest BCUT2D eigenvalue weighted by Crippen LogP contribution is 2.26. The van der Waals surface area contributed by atoms with Gasteiger partial charge in [-0.3, -0.25) is 14.9 Å². The number of nitrogens with one attached hydrogen (secondary N) is 1. The van der Waals surface area contributed by atoms with Crippen LogP contribution in [0.2, 0.25) is 0 Å². The van der Waals surface area contributed by atoms with Crippen LogP contribution in [0.4, 0.5) is 20.2 Å². The van der Waals surface area contributed by atoms with Gasteiger partial charge in [0.15, 0.2) is 0 Å². The summed E-state index contributed by atoms with van der Waals surface area (Å²) in [4.78, 5) is 21.9. The Morgan fingerprint density at radius 3 is 2.62 bits per heavy atom. The Hall–Kier alpha value is -3.07. The van der Waals surface area contributed by atoms with E-state index in [0.717, 1.165) is 12.1 Å². The van der Waals surface area contributed by atoms with Crippen LogP contribution < -0.4 is 11.1 Å². The molecule has 1 atom stereocenters. The Morgan fingerprint density at radius 2 is 2.00 bits per heavy atom. The molecule has 0 spiro atoms. The molecular weight excluding hydrogens is 324 g/mol. The van der Waals surface area contributed by atoms with E-state index in [9.17, 15) is 28.8 Å². The Bertz CT molecular complexity index is 798. The van der Waals surface area contributed by atoms with Gasteiger partial charge in [-0.1, -0.05) is 18.2 Å². The van der Waals surface area contributed by atoms with Gasteiger partial charge in [0.1, 0.15) is 17.3 Å². The molecule has 2 aromatic carbocycles. The number of nitro groups is 1. The van der Waals surface area contributed by atoms with Gasteiger partial charge in [0.25, 0.3) is 11.6 Å². The van der Waals surface area contributed by atoms with Crippen LogP contribution in [-0.2, 0) is 0 Å². The lowest BCUT2D eigenvalue weighted by Gasteiger charge is -2.13. The summed E-state index contributed by atoms with van der Waals surface area (Å²) < 4.78 is 26.9. The van der Waals surface area contributed by atoms with E-state index in [1.54, 1.807) is 0 Å². The standard InChI is InChI=1S/C15H13F2N3O4/c16-8-5-10(14(18)12(6-8)20(23)24)15(22)19-7-13(21)9-3-1-2-4-11(9)17/h1-6,13,21H,7,18H2,(H,19,22). The highest BCUT2D eigenvalue weighted by Gasteiger charge is 2.22. The molecule has 1 amide bonds. The highest BCUT2D eigenvalue weighted by molar-refractivity contribution is 6.01. The monoisotopic (exact) mass is 337 g/mol. The Kier molecular flexibility index (Phi) is 5.05. The van der Waals surface area contributed by atoms with Crippen molar-refractivity contribution < 1.29 is 23.6 Å². The lowest BCUT2D eigenvalue weighted by Crippen LogP contribution is -2.29. The van der Waals surface area contributed by atoms with Crippen molar-refractivity contribution in [1.29, 1.82) is 0 Å². The first kappa shape index (κ1) is 17.3. The van der Waals surface area contributed by atoms with E-state index >= 15 is 0 Å². The summed E-state index contributed by atoms with van der Waals surface area (Å²) in [6.45, 7) is -0.385. The summed E-state index contributed by atoms with van der Waals surface area (Å²) in [5, 5.41) is 22.9. The summed E-state index contributed by atoms with van der Waals surface area (Å²) in [7, 11) is 0. The fourth-order valence-corrected chi connectivity index (χ4v) is 2.08. The number of hydrogen-bond acceptors (Lipinski definition) is 5. The molecule has 9 heteroatoms. The molecule has 4 N–H and O–H groups in total. The number of benzene rings is 2. The second-order valence-electron chi connectivity index (χ2n) is 4.89. The van der Waals surface area contributed by atoms with Crippen molar-refractivity contribution in [2.45, 2.75) is 6.10 Å². The van der Waals surface area contributed by atoms with Crippen molar-refractivity contribution in [2.75, 3.05) is 12.3 Å². The van der Waals surface area contributed by atoms with Crippen LogP contribution in [0.1, 0.15) is 22.0 Å². The minimum absolute atomic E-state index is 0.0315. The predicted molar refractivity (Wildman–Crippen MR) is 81.2 cm³/mol. The molecule has 0 heterocycles. The SMILES string of the molecule is Nc1c(C(=O)NCC(O)c2ccccc2F)cc(F)cc1[N+](=O)[O-]. The fourth-order valence-electron chi connectivity index (χ4n) is 2.08. The molecule has 0 aliphatic heterocycles. The number of anilines is 1. The molecule has 0 aromatic heterocycles. The number of carbonyl (C=O) groups excluding carboxylic acids is 1. The molecule has 2 aromatic rings. The topological polar surface area (TPSA) is 118 Å². The van der Waals surface area contributed by atoms with Crippen LogP contribution in [-0.4, -0.2) is 22.5 Å². The van der Waals surface area contributed by atoms with E-state index < -0.39 is 45.5 Å². The number of halogens is 2. The third-order valence-electron chi connectivity index (χ3n) is 3.28. The minimum Gasteiger partial charge on any atom is -0.393 e. The van der Waals surface area contributed by atoms with Crippen LogP contribution >= 0.6 is 0 Å². The molecule has 126 valence electrons. The molecule has 1 unspecified atom stereocenters. The van der Waals surface area contributed by atoms with Crippen molar-refractivity contribution >= 4 is 17.3 Å². The molecule has 24 heavy (non-hydrogen) atoms. The van der Waals surface area contributed by atoms with E-state index in [-0.39, 0.29) is 12.1 Å². The van der Waals surface area contributed by atoms with E-state index in [1.807, 2.05) is 0 Å². The summed E-state index contributed by atoms with van der Waals surface area (Å²) >= 11 is 0. The maximum absolute atomic E-state index is 13.5. The zero-order valence-electron chi connectivity index (χ0n) is 12.2. The summed E-state index contributed by atoms with van der Waals surface area (Å²) in [5.41, 5.74) is 3.79. The smallest absolute Gasteiger partial charge is 0.295 e. The predicted octanol–water partition coefficient (Wildman–Crippen LogP) is 1.92. The van der Waals surface area contributed by atoms with Gasteiger partial charge in [0.2, 0.25) is 0 Å². The van der Waals surface area contributed by atoms with E-state index in [2.05, 4.69) is 5.32 Å². The summed E-state index contributed by atoms with van der Waals surface area (Å²) in [5.74, 6) is -2.58. The highest BCUT2D eigenvalue weighted by atomic mass is 19.1. The number of carbonyl (C=O) groups is 1. The average molecular weight is 337 g/mol. The van der Waals surface area contributed by atoms with Gasteiger partial charge in [0.05, 0.1) is 22.7 Å². The van der Waals surface area contributed by atoms with Crippen molar-refractivity contribution in [3.8, 4) is 0 Å². The van der Waals surface area contributed by atoms with Gasteiger partial charge >= 0.3 is 0 Å². The lowest BCUT2D eigenvalue weighted by atomic mass is 10.1. The van der Waals surface area contributed by atoms with Crippen molar-refractivity contribution in [1.82, 2.24) is 5.32 Å².